The van der Waals surface area contributed by atoms with Crippen LogP contribution in [0.5, 0.6) is 11.9 Å². The molecule has 15 heteroatoms. The molecule has 2 aliphatic carbocycles. The number of nitrogens with zero attached hydrogens (tertiary/aromatic N) is 7. The van der Waals surface area contributed by atoms with Gasteiger partial charge in [0.05, 0.1) is 62.8 Å². The highest BCUT2D eigenvalue weighted by Crippen LogP contribution is 2.53. The second kappa shape index (κ2) is 13.5. The van der Waals surface area contributed by atoms with Crippen LogP contribution in [0.2, 0.25) is 5.02 Å². The Morgan fingerprint density at radius 2 is 2.00 bits per heavy atom. The highest BCUT2D eigenvalue weighted by molar-refractivity contribution is 6.33. The molecule has 2 saturated carbocycles. The number of H-pyrrole nitrogens is 1. The predicted octanol–water partition coefficient (Wildman–Crippen LogP) is 5.33. The molecule has 0 spiro atoms. The van der Waals surface area contributed by atoms with Gasteiger partial charge in [-0.1, -0.05) is 18.0 Å². The summed E-state index contributed by atoms with van der Waals surface area (Å²) in [4.78, 5) is 18.7. The number of aliphatic hydroxyl groups is 2. The average molecular weight is 749 g/mol. The Hall–Kier alpha value is -3.87. The van der Waals surface area contributed by atoms with Crippen LogP contribution >= 0.6 is 11.6 Å². The first kappa shape index (κ1) is 36.1. The fraction of sp³-hybridized carbons (Fsp3) is 0.605. The summed E-state index contributed by atoms with van der Waals surface area (Å²) in [6.45, 7) is 6.74. The Morgan fingerprint density at radius 3 is 2.75 bits per heavy atom. The second-order valence-electron chi connectivity index (χ2n) is 16.2. The number of nitriles is 1. The number of pyridine rings is 1. The van der Waals surface area contributed by atoms with Crippen LogP contribution in [0.3, 0.4) is 0 Å². The number of anilines is 1. The molecule has 2 aliphatic heterocycles. The minimum absolute atomic E-state index is 0.00918. The van der Waals surface area contributed by atoms with E-state index in [0.717, 1.165) is 51.5 Å². The van der Waals surface area contributed by atoms with Crippen LogP contribution in [0.4, 0.5) is 10.2 Å². The third-order valence-electron chi connectivity index (χ3n) is 12.1. The van der Waals surface area contributed by atoms with Gasteiger partial charge in [0.15, 0.2) is 5.82 Å². The fourth-order valence-electron chi connectivity index (χ4n) is 9.46. The number of piperidine rings is 1. The Balaban J connectivity index is 1.24. The molecule has 8 rings (SSSR count). The lowest BCUT2D eigenvalue weighted by atomic mass is 9.65. The van der Waals surface area contributed by atoms with Crippen molar-refractivity contribution in [2.45, 2.75) is 89.5 Å². The molecule has 0 amide bonds. The summed E-state index contributed by atoms with van der Waals surface area (Å²) in [5, 5.41) is 39.5. The monoisotopic (exact) mass is 748 g/mol. The molecule has 1 aromatic carbocycles. The molecule has 5 heterocycles. The molecule has 3 N–H and O–H groups in total. The Labute approximate surface area is 312 Å². The third kappa shape index (κ3) is 6.24. The van der Waals surface area contributed by atoms with Crippen molar-refractivity contribution in [3.05, 3.63) is 28.7 Å². The molecule has 282 valence electrons. The van der Waals surface area contributed by atoms with E-state index >= 15 is 4.39 Å². The number of hydrogen-bond donors (Lipinski definition) is 3. The normalized spacial score (nSPS) is 30.5. The van der Waals surface area contributed by atoms with Crippen molar-refractivity contribution >= 4 is 39.2 Å². The molecule has 3 aromatic heterocycles. The van der Waals surface area contributed by atoms with Gasteiger partial charge in [0.1, 0.15) is 28.0 Å². The van der Waals surface area contributed by atoms with Gasteiger partial charge in [-0.3, -0.25) is 10.00 Å². The van der Waals surface area contributed by atoms with Crippen molar-refractivity contribution in [3.63, 3.8) is 0 Å². The van der Waals surface area contributed by atoms with Crippen molar-refractivity contribution in [2.24, 2.45) is 10.8 Å². The highest BCUT2D eigenvalue weighted by Gasteiger charge is 2.54. The summed E-state index contributed by atoms with van der Waals surface area (Å²) in [5.74, 6) is -0.400. The van der Waals surface area contributed by atoms with Gasteiger partial charge in [0.2, 0.25) is 5.88 Å². The predicted molar refractivity (Wildman–Crippen MR) is 197 cm³/mol. The van der Waals surface area contributed by atoms with E-state index in [1.54, 1.807) is 31.0 Å². The van der Waals surface area contributed by atoms with Gasteiger partial charge in [-0.2, -0.15) is 20.3 Å². The highest BCUT2D eigenvalue weighted by atomic mass is 35.5. The van der Waals surface area contributed by atoms with Crippen molar-refractivity contribution in [2.75, 3.05) is 51.5 Å². The quantitative estimate of drug-likeness (QED) is 0.212. The van der Waals surface area contributed by atoms with Gasteiger partial charge >= 0.3 is 6.01 Å². The maximum Gasteiger partial charge on any atom is 0.319 e. The van der Waals surface area contributed by atoms with Crippen LogP contribution in [0.1, 0.15) is 64.4 Å². The van der Waals surface area contributed by atoms with Gasteiger partial charge in [-0.25, -0.2) is 9.37 Å². The van der Waals surface area contributed by atoms with Gasteiger partial charge in [0, 0.05) is 40.0 Å². The molecule has 13 nitrogen and oxygen atoms in total. The SMILES string of the molecule is COc1nc(-c2c(C)c(Cl)cc3[nH]ncc23)c(F)c2nc(OC[C@]34CCC[C@H]3N(C3CC(C)(C#N)C3)CCC4)nc(N3C[C@H](CO)OC[C@@](C)(O)C3)c12. The number of methoxy groups -OCH3 is 1. The van der Waals surface area contributed by atoms with Gasteiger partial charge < -0.3 is 29.3 Å². The van der Waals surface area contributed by atoms with Crippen LogP contribution in [-0.2, 0) is 4.74 Å². The molecular formula is C38H46ClFN8O5. The van der Waals surface area contributed by atoms with E-state index in [1.807, 2.05) is 6.92 Å². The van der Waals surface area contributed by atoms with E-state index in [0.29, 0.717) is 45.7 Å². The van der Waals surface area contributed by atoms with Crippen LogP contribution in [-0.4, -0.2) is 111 Å². The average Bonchev–Trinajstić information content (AvgIpc) is 3.75. The number of rotatable bonds is 8. The van der Waals surface area contributed by atoms with Gasteiger partial charge in [-0.15, -0.1) is 0 Å². The first-order valence-electron chi connectivity index (χ1n) is 18.5. The van der Waals surface area contributed by atoms with E-state index in [-0.39, 0.29) is 71.4 Å². The maximum absolute atomic E-state index is 17.3. The number of aromatic amines is 1. The molecule has 4 atom stereocenters. The number of aliphatic hydroxyl groups excluding tert-OH is 1. The topological polar surface area (TPSA) is 166 Å². The summed E-state index contributed by atoms with van der Waals surface area (Å²) >= 11 is 6.63. The smallest absolute Gasteiger partial charge is 0.319 e. The summed E-state index contributed by atoms with van der Waals surface area (Å²) in [7, 11) is 1.45. The van der Waals surface area contributed by atoms with E-state index in [9.17, 15) is 15.5 Å². The molecule has 4 fully saturated rings. The van der Waals surface area contributed by atoms with Crippen LogP contribution < -0.4 is 14.4 Å². The molecule has 0 bridgehead atoms. The number of β-amino-alcohol motifs (C(OH)–C–C–N with tert-alkyl or cyclic N) is 1. The van der Waals surface area contributed by atoms with Gasteiger partial charge in [-0.05, 0) is 77.5 Å². The minimum Gasteiger partial charge on any atom is -0.480 e. The number of aromatic nitrogens is 5. The van der Waals surface area contributed by atoms with Crippen molar-refractivity contribution in [1.82, 2.24) is 30.0 Å². The maximum atomic E-state index is 17.3. The first-order chi connectivity index (χ1) is 25.4. The lowest BCUT2D eigenvalue weighted by Crippen LogP contribution is -2.60. The minimum atomic E-state index is -1.32. The number of likely N-dealkylation sites (tertiary alicyclic amines) is 1. The second-order valence-corrected chi connectivity index (χ2v) is 16.6. The fourth-order valence-corrected chi connectivity index (χ4v) is 9.66. The van der Waals surface area contributed by atoms with Crippen LogP contribution in [0.25, 0.3) is 33.1 Å². The molecule has 4 aromatic rings. The standard InChI is InChI=1S/C38H46ClFN8O5/c1-21-25(39)11-26-24(14-42-46-26)28(21)31-30(40)32-29(34(43-31)51-4)33(47-15-23(16-49)52-19-37(3,50)18-47)45-35(44-32)53-20-38-8-5-7-27(38)48(10-6-9-38)22-12-36(2,13-22)17-41/h11,14,22-23,27,49-50H,5-10,12-13,15-16,18-20H2,1-4H3,(H,42,46)/t22?,23-,27-,36?,37+,38-/m1/s1. The zero-order valence-corrected chi connectivity index (χ0v) is 31.3. The molecule has 0 unspecified atom stereocenters. The molecule has 4 aliphatic rings. The number of halogens is 2. The summed E-state index contributed by atoms with van der Waals surface area (Å²) in [6.07, 6.45) is 7.85. The third-order valence-corrected chi connectivity index (χ3v) is 12.5. The van der Waals surface area contributed by atoms with E-state index in [1.165, 1.54) is 7.11 Å². The van der Waals surface area contributed by atoms with E-state index < -0.39 is 17.5 Å². The number of benzene rings is 1. The lowest BCUT2D eigenvalue weighted by molar-refractivity contribution is -0.0629. The van der Waals surface area contributed by atoms with Crippen molar-refractivity contribution in [1.29, 1.82) is 5.26 Å². The number of fused-ring (bicyclic) bond motifs is 3. The molecule has 53 heavy (non-hydrogen) atoms. The first-order valence-corrected chi connectivity index (χ1v) is 18.8. The van der Waals surface area contributed by atoms with Crippen molar-refractivity contribution < 1.29 is 28.8 Å². The Kier molecular flexibility index (Phi) is 9.17. The van der Waals surface area contributed by atoms with E-state index in [2.05, 4.69) is 21.2 Å². The largest absolute Gasteiger partial charge is 0.480 e. The molecule has 0 radical (unpaired) electrons. The lowest BCUT2D eigenvalue weighted by Gasteiger charge is -2.54. The number of ether oxygens (including phenoxy) is 3. The van der Waals surface area contributed by atoms with Crippen LogP contribution in [0, 0.1) is 34.9 Å². The zero-order valence-electron chi connectivity index (χ0n) is 30.6. The van der Waals surface area contributed by atoms with Crippen molar-refractivity contribution in [3.8, 4) is 29.2 Å². The number of nitrogens with one attached hydrogen (secondary N) is 1. The van der Waals surface area contributed by atoms with Gasteiger partial charge in [0.25, 0.3) is 0 Å². The molecule has 2 saturated heterocycles. The number of hydrogen-bond acceptors (Lipinski definition) is 12. The Bertz CT molecular complexity index is 2100. The van der Waals surface area contributed by atoms with Crippen LogP contribution in [0.15, 0.2) is 12.3 Å². The Morgan fingerprint density at radius 1 is 1.21 bits per heavy atom. The zero-order chi connectivity index (χ0) is 37.3. The summed E-state index contributed by atoms with van der Waals surface area (Å²) < 4.78 is 35.6. The molecular weight excluding hydrogens is 703 g/mol. The summed E-state index contributed by atoms with van der Waals surface area (Å²) in [6, 6.07) is 4.92. The van der Waals surface area contributed by atoms with E-state index in [4.69, 9.17) is 40.8 Å². The summed E-state index contributed by atoms with van der Waals surface area (Å²) in [5.41, 5.74) is -0.122.